The molecule has 0 saturated carbocycles. The normalized spacial score (nSPS) is 18.2. The Morgan fingerprint density at radius 2 is 1.71 bits per heavy atom. The summed E-state index contributed by atoms with van der Waals surface area (Å²) >= 11 is 3.59. The van der Waals surface area contributed by atoms with E-state index < -0.39 is 24.8 Å². The molecule has 3 fully saturated rings. The molecule has 6 heterocycles. The monoisotopic (exact) mass is 927 g/mol. The highest BCUT2D eigenvalue weighted by molar-refractivity contribution is 9.10. The van der Waals surface area contributed by atoms with E-state index in [1.165, 1.54) is 23.5 Å². The van der Waals surface area contributed by atoms with Crippen LogP contribution in [0, 0.1) is 5.82 Å². The predicted molar refractivity (Wildman–Crippen MR) is 244 cm³/mol. The number of anilines is 5. The summed E-state index contributed by atoms with van der Waals surface area (Å²) in [5.74, 6) is -0.332. The van der Waals surface area contributed by atoms with E-state index in [0.717, 1.165) is 70.8 Å². The van der Waals surface area contributed by atoms with E-state index in [2.05, 4.69) is 85.6 Å². The lowest BCUT2D eigenvalue weighted by molar-refractivity contribution is -0.134. The van der Waals surface area contributed by atoms with Crippen molar-refractivity contribution in [1.82, 2.24) is 40.0 Å². The Kier molecular flexibility index (Phi) is 13.1. The average Bonchev–Trinajstić information content (AvgIpc) is 3.26. The summed E-state index contributed by atoms with van der Waals surface area (Å²) in [5, 5.41) is 9.67. The van der Waals surface area contributed by atoms with Gasteiger partial charge in [0.15, 0.2) is 0 Å². The second-order valence-corrected chi connectivity index (χ2v) is 20.5. The van der Waals surface area contributed by atoms with E-state index in [1.54, 1.807) is 39.0 Å². The summed E-state index contributed by atoms with van der Waals surface area (Å²) in [5.41, 5.74) is 5.94. The van der Waals surface area contributed by atoms with Crippen molar-refractivity contribution >= 4 is 80.1 Å². The summed E-state index contributed by atoms with van der Waals surface area (Å²) in [6.07, 6.45) is 10.5. The third-order valence-electron chi connectivity index (χ3n) is 12.1. The molecule has 1 atom stereocenters. The van der Waals surface area contributed by atoms with Crippen LogP contribution in [0.4, 0.5) is 33.2 Å². The molecule has 326 valence electrons. The number of rotatable bonds is 13. The number of nitrogens with one attached hydrogen (secondary N) is 3. The van der Waals surface area contributed by atoms with Crippen LogP contribution in [0.1, 0.15) is 55.3 Å². The minimum atomic E-state index is -2.78. The van der Waals surface area contributed by atoms with Gasteiger partial charge in [0.25, 0.3) is 0 Å². The first-order valence-corrected chi connectivity index (χ1v) is 24.5. The van der Waals surface area contributed by atoms with Crippen molar-refractivity contribution in [2.75, 3.05) is 81.8 Å². The number of carbonyl (C=O) groups excluding carboxylic acids is 2. The number of piperidine rings is 2. The number of piperazine rings is 1. The van der Waals surface area contributed by atoms with Crippen LogP contribution >= 0.6 is 23.1 Å². The number of methoxy groups -OCH3 is 1. The van der Waals surface area contributed by atoms with Gasteiger partial charge in [-0.25, -0.2) is 9.37 Å². The maximum Gasteiger partial charge on any atom is 0.234 e. The molecule has 5 aromatic rings. The minimum absolute atomic E-state index is 0.203. The zero-order valence-corrected chi connectivity index (χ0v) is 37.9. The number of imide groups is 1. The number of fused-ring (bicyclic) bond motifs is 1. The molecule has 18 heteroatoms. The van der Waals surface area contributed by atoms with Gasteiger partial charge in [0.1, 0.15) is 30.0 Å². The lowest BCUT2D eigenvalue weighted by atomic mass is 9.91. The number of amides is 2. The number of aromatic nitrogens is 5. The number of aryl methyl sites for hydroxylation is 1. The van der Waals surface area contributed by atoms with E-state index in [4.69, 9.17) is 9.72 Å². The second-order valence-electron chi connectivity index (χ2n) is 16.5. The van der Waals surface area contributed by atoms with Crippen molar-refractivity contribution in [2.45, 2.75) is 57.4 Å². The Hall–Kier alpha value is -5.09. The molecule has 0 radical (unpaired) electrons. The fourth-order valence-electron chi connectivity index (χ4n) is 8.85. The Bertz CT molecular complexity index is 2530. The van der Waals surface area contributed by atoms with Crippen molar-refractivity contribution in [3.8, 4) is 5.75 Å². The maximum atomic E-state index is 15.0. The second kappa shape index (κ2) is 18.7. The average molecular weight is 929 g/mol. The van der Waals surface area contributed by atoms with Crippen molar-refractivity contribution in [1.29, 1.82) is 0 Å². The first kappa shape index (κ1) is 43.6. The first-order chi connectivity index (χ1) is 29.9. The third-order valence-corrected chi connectivity index (χ3v) is 14.3. The van der Waals surface area contributed by atoms with Gasteiger partial charge < -0.3 is 29.7 Å². The summed E-state index contributed by atoms with van der Waals surface area (Å²) in [6.45, 7) is 12.1. The Balaban J connectivity index is 0.864. The molecule has 15 nitrogen and oxygen atoms in total. The lowest BCUT2D eigenvalue weighted by Gasteiger charge is -2.43. The van der Waals surface area contributed by atoms with E-state index >= 15 is 4.39 Å². The van der Waals surface area contributed by atoms with Crippen molar-refractivity contribution in [3.63, 3.8) is 0 Å². The zero-order chi connectivity index (χ0) is 43.5. The number of ether oxygens (including phenoxy) is 1. The molecule has 0 bridgehead atoms. The molecule has 8 rings (SSSR count). The molecule has 1 unspecified atom stereocenters. The lowest BCUT2D eigenvalue weighted by Crippen LogP contribution is -2.53. The first-order valence-electron chi connectivity index (χ1n) is 21.1. The Morgan fingerprint density at radius 3 is 2.42 bits per heavy atom. The third kappa shape index (κ3) is 9.60. The molecule has 3 saturated heterocycles. The van der Waals surface area contributed by atoms with Gasteiger partial charge in [-0.05, 0) is 84.8 Å². The van der Waals surface area contributed by atoms with Gasteiger partial charge in [-0.3, -0.25) is 34.8 Å². The van der Waals surface area contributed by atoms with Gasteiger partial charge in [-0.15, -0.1) is 0 Å². The van der Waals surface area contributed by atoms with Gasteiger partial charge in [-0.2, -0.15) is 4.98 Å². The van der Waals surface area contributed by atoms with Gasteiger partial charge in [0.2, 0.25) is 17.8 Å². The molecule has 2 amide bonds. The maximum absolute atomic E-state index is 15.0. The van der Waals surface area contributed by atoms with Crippen LogP contribution in [-0.4, -0.2) is 119 Å². The number of hydrogen-bond donors (Lipinski definition) is 3. The van der Waals surface area contributed by atoms with E-state index in [-0.39, 0.29) is 17.9 Å². The molecular weight excluding hydrogens is 876 g/mol. The molecule has 62 heavy (non-hydrogen) atoms. The van der Waals surface area contributed by atoms with Gasteiger partial charge in [0, 0.05) is 112 Å². The van der Waals surface area contributed by atoms with Crippen LogP contribution in [0.3, 0.4) is 0 Å². The largest absolute Gasteiger partial charge is 0.494 e. The van der Waals surface area contributed by atoms with Crippen LogP contribution in [-0.2, 0) is 27.0 Å². The number of benzene rings is 2. The molecule has 3 aliphatic rings. The van der Waals surface area contributed by atoms with Crippen molar-refractivity contribution < 1.29 is 23.3 Å². The highest BCUT2D eigenvalue weighted by Crippen LogP contribution is 2.42. The molecule has 0 spiro atoms. The van der Waals surface area contributed by atoms with Crippen molar-refractivity contribution in [2.24, 2.45) is 0 Å². The summed E-state index contributed by atoms with van der Waals surface area (Å²) in [7, 11) is -1.11. The quantitative estimate of drug-likeness (QED) is 0.0879. The van der Waals surface area contributed by atoms with Gasteiger partial charge in [-0.1, -0.05) is 6.92 Å². The summed E-state index contributed by atoms with van der Waals surface area (Å²) < 4.78 is 35.1. The van der Waals surface area contributed by atoms with Crippen LogP contribution in [0.2, 0.25) is 0 Å². The van der Waals surface area contributed by atoms with E-state index in [0.29, 0.717) is 68.6 Å². The summed E-state index contributed by atoms with van der Waals surface area (Å²) in [4.78, 5) is 54.0. The Morgan fingerprint density at radius 1 is 0.935 bits per heavy atom. The highest BCUT2D eigenvalue weighted by Gasteiger charge is 2.32. The van der Waals surface area contributed by atoms with E-state index in [9.17, 15) is 14.2 Å². The summed E-state index contributed by atoms with van der Waals surface area (Å²) in [6, 6.07) is 9.90. The topological polar surface area (TPSA) is 171 Å². The molecule has 0 aliphatic carbocycles. The van der Waals surface area contributed by atoms with Gasteiger partial charge in [0.05, 0.1) is 39.7 Å². The minimum Gasteiger partial charge on any atom is -0.494 e. The molecule has 3 aliphatic heterocycles. The fourth-order valence-corrected chi connectivity index (χ4v) is 10.5. The highest BCUT2D eigenvalue weighted by atomic mass is 79.9. The van der Waals surface area contributed by atoms with Crippen LogP contribution in [0.15, 0.2) is 59.6 Å². The number of pyridine rings is 1. The standard InChI is InChI=1S/C44H52BrFN11O4P/c1-5-27-22-36(52-44-50-26-32(45)42(54-44)51-35-8-7-34-40(48-14-13-47-34)41(35)62(3,4)60)38(61-2)24-37(27)57-16-11-29(12-17-57)56-20-18-55(19-21-56)15-10-28-23-33(46)31(25-49-28)30-6-9-39(58)53-43(30)59/h7-8,13-14,22-26,29-30H,5-6,9-12,15-21H2,1-4H3,(H,53,58,59)(H2,50,51,52,54). The van der Waals surface area contributed by atoms with Crippen LogP contribution < -0.4 is 30.9 Å². The SMILES string of the molecule is CCc1cc(Nc2ncc(Br)c(Nc3ccc4nccnc4c3P(C)(C)=O)n2)c(OC)cc1N1CCC(N2CCN(CCc3cc(F)c(C4CCC(=O)NC4=O)cn3)CC2)CC1. The molecule has 3 aromatic heterocycles. The molecule has 3 N–H and O–H groups in total. The number of carbonyl (C=O) groups is 2. The number of hydrogen-bond acceptors (Lipinski definition) is 14. The van der Waals surface area contributed by atoms with E-state index in [1.807, 2.05) is 12.1 Å². The number of halogens is 2. The fraction of sp³-hybridized carbons (Fsp3) is 0.432. The van der Waals surface area contributed by atoms with Crippen molar-refractivity contribution in [3.05, 3.63) is 82.2 Å². The molecular formula is C44H52BrFN11O4P. The zero-order valence-electron chi connectivity index (χ0n) is 35.5. The van der Waals surface area contributed by atoms with Gasteiger partial charge >= 0.3 is 0 Å². The van der Waals surface area contributed by atoms with Crippen LogP contribution in [0.25, 0.3) is 11.0 Å². The predicted octanol–water partition coefficient (Wildman–Crippen LogP) is 6.37. The molecule has 2 aromatic carbocycles. The smallest absolute Gasteiger partial charge is 0.234 e. The van der Waals surface area contributed by atoms with Crippen LogP contribution in [0.5, 0.6) is 5.75 Å². The Labute approximate surface area is 369 Å². The number of nitrogens with zero attached hydrogens (tertiary/aromatic N) is 8.